The number of furan rings is 1. The molecule has 0 fully saturated rings. The van der Waals surface area contributed by atoms with Gasteiger partial charge in [0.25, 0.3) is 0 Å². The molecule has 0 saturated carbocycles. The number of rotatable bonds is 5. The molecule has 1 aromatic heterocycles. The topological polar surface area (TPSA) is 121 Å². The zero-order chi connectivity index (χ0) is 14.5. The van der Waals surface area contributed by atoms with E-state index in [2.05, 4.69) is 0 Å². The van der Waals surface area contributed by atoms with E-state index in [0.29, 0.717) is 5.56 Å². The Kier molecular flexibility index (Phi) is 3.96. The number of amides is 1. The van der Waals surface area contributed by atoms with Gasteiger partial charge in [-0.2, -0.15) is 0 Å². The molecule has 8 nitrogen and oxygen atoms in total. The van der Waals surface area contributed by atoms with Gasteiger partial charge in [0.05, 0.1) is 11.2 Å². The highest BCUT2D eigenvalue weighted by Crippen LogP contribution is 2.27. The Hall–Kier alpha value is -2.87. The minimum absolute atomic E-state index is 0.00563. The molecule has 0 bridgehead atoms. The van der Waals surface area contributed by atoms with Crippen LogP contribution in [0.3, 0.4) is 0 Å². The molecule has 0 atom stereocenters. The molecule has 8 heteroatoms. The molecular formula is C12H11N3O5. The number of carbonyl (C=O) groups is 1. The first kappa shape index (κ1) is 13.6. The molecule has 0 unspecified atom stereocenters. The Morgan fingerprint density at radius 1 is 1.40 bits per heavy atom. The summed E-state index contributed by atoms with van der Waals surface area (Å²) in [7, 11) is 0. The molecule has 0 saturated heterocycles. The first-order valence-electron chi connectivity index (χ1n) is 5.57. The molecule has 20 heavy (non-hydrogen) atoms. The number of nitrogens with one attached hydrogen (secondary N) is 1. The van der Waals surface area contributed by atoms with Gasteiger partial charge >= 0.3 is 11.6 Å². The summed E-state index contributed by atoms with van der Waals surface area (Å²) in [5, 5.41) is 10.8. The maximum atomic E-state index is 11.4. The maximum Gasteiger partial charge on any atom is 0.310 e. The van der Waals surface area contributed by atoms with Crippen LogP contribution in [0.25, 0.3) is 0 Å². The van der Waals surface area contributed by atoms with Crippen molar-refractivity contribution in [2.75, 3.05) is 0 Å². The predicted octanol–water partition coefficient (Wildman–Crippen LogP) is 1.37. The zero-order valence-electron chi connectivity index (χ0n) is 10.2. The highest BCUT2D eigenvalue weighted by atomic mass is 16.6. The van der Waals surface area contributed by atoms with E-state index in [1.165, 1.54) is 30.5 Å². The Morgan fingerprint density at radius 3 is 2.85 bits per heavy atom. The van der Waals surface area contributed by atoms with Gasteiger partial charge in [-0.25, -0.2) is 5.84 Å². The number of nitrogens with two attached hydrogens (primary N) is 1. The summed E-state index contributed by atoms with van der Waals surface area (Å²) in [6.07, 6.45) is 1.31. The predicted molar refractivity (Wildman–Crippen MR) is 67.8 cm³/mol. The number of nitro benzene ring substituents is 1. The van der Waals surface area contributed by atoms with Crippen LogP contribution in [0.2, 0.25) is 0 Å². The van der Waals surface area contributed by atoms with Crippen LogP contribution < -0.4 is 16.0 Å². The van der Waals surface area contributed by atoms with E-state index in [9.17, 15) is 14.9 Å². The van der Waals surface area contributed by atoms with Crippen LogP contribution in [0.5, 0.6) is 5.75 Å². The lowest BCUT2D eigenvalue weighted by Crippen LogP contribution is -2.30. The third kappa shape index (κ3) is 2.75. The fraction of sp³-hybridized carbons (Fsp3) is 0.0833. The second kappa shape index (κ2) is 5.85. The largest absolute Gasteiger partial charge is 0.482 e. The zero-order valence-corrected chi connectivity index (χ0v) is 10.2. The van der Waals surface area contributed by atoms with Crippen LogP contribution in [0.1, 0.15) is 16.1 Å². The van der Waals surface area contributed by atoms with E-state index >= 15 is 0 Å². The average molecular weight is 277 g/mol. The summed E-state index contributed by atoms with van der Waals surface area (Å²) in [4.78, 5) is 21.7. The number of hydrazine groups is 1. The summed E-state index contributed by atoms with van der Waals surface area (Å²) in [6, 6.07) is 7.49. The fourth-order valence-corrected chi connectivity index (χ4v) is 1.60. The molecule has 104 valence electrons. The van der Waals surface area contributed by atoms with Crippen molar-refractivity contribution in [1.29, 1.82) is 0 Å². The number of para-hydroxylation sites is 2. The number of benzene rings is 1. The number of carbonyl (C=O) groups excluding carboxylic acids is 1. The van der Waals surface area contributed by atoms with Crippen LogP contribution >= 0.6 is 0 Å². The van der Waals surface area contributed by atoms with Gasteiger partial charge in [-0.15, -0.1) is 0 Å². The number of hydrogen-bond donors (Lipinski definition) is 2. The molecule has 0 aliphatic carbocycles. The van der Waals surface area contributed by atoms with Crippen molar-refractivity contribution in [2.24, 2.45) is 5.84 Å². The number of nitrogens with zero attached hydrogens (tertiary/aromatic N) is 1. The SMILES string of the molecule is NNC(=O)c1occc1COc1ccccc1[N+](=O)[O-]. The summed E-state index contributed by atoms with van der Waals surface area (Å²) >= 11 is 0. The third-order valence-corrected chi connectivity index (χ3v) is 2.53. The van der Waals surface area contributed by atoms with Crippen molar-refractivity contribution in [1.82, 2.24) is 5.43 Å². The fourth-order valence-electron chi connectivity index (χ4n) is 1.60. The molecule has 0 radical (unpaired) electrons. The van der Waals surface area contributed by atoms with Crippen LogP contribution in [0.4, 0.5) is 5.69 Å². The summed E-state index contributed by atoms with van der Waals surface area (Å²) < 4.78 is 10.3. The van der Waals surface area contributed by atoms with Crippen LogP contribution in [0, 0.1) is 10.1 Å². The third-order valence-electron chi connectivity index (χ3n) is 2.53. The number of hydrogen-bond acceptors (Lipinski definition) is 6. The van der Waals surface area contributed by atoms with Gasteiger partial charge in [0.2, 0.25) is 0 Å². The number of ether oxygens (including phenoxy) is 1. The molecule has 2 rings (SSSR count). The van der Waals surface area contributed by atoms with Gasteiger partial charge < -0.3 is 9.15 Å². The Balaban J connectivity index is 2.16. The lowest BCUT2D eigenvalue weighted by atomic mass is 10.2. The van der Waals surface area contributed by atoms with Crippen molar-refractivity contribution in [2.45, 2.75) is 6.61 Å². The molecule has 2 aromatic rings. The Bertz CT molecular complexity index is 638. The van der Waals surface area contributed by atoms with Gasteiger partial charge in [-0.05, 0) is 12.1 Å². The average Bonchev–Trinajstić information content (AvgIpc) is 2.92. The van der Waals surface area contributed by atoms with Gasteiger partial charge in [0, 0.05) is 11.6 Å². The highest BCUT2D eigenvalue weighted by Gasteiger charge is 2.17. The van der Waals surface area contributed by atoms with Gasteiger partial charge in [-0.1, -0.05) is 12.1 Å². The summed E-state index contributed by atoms with van der Waals surface area (Å²) in [6.45, 7) is -0.0515. The minimum Gasteiger partial charge on any atom is -0.482 e. The molecule has 3 N–H and O–H groups in total. The monoisotopic (exact) mass is 277 g/mol. The normalized spacial score (nSPS) is 10.1. The molecule has 1 aromatic carbocycles. The first-order chi connectivity index (χ1) is 9.63. The van der Waals surface area contributed by atoms with Crippen LogP contribution in [0.15, 0.2) is 41.0 Å². The van der Waals surface area contributed by atoms with Crippen LogP contribution in [-0.4, -0.2) is 10.8 Å². The van der Waals surface area contributed by atoms with E-state index in [1.54, 1.807) is 6.07 Å². The minimum atomic E-state index is -0.601. The standard InChI is InChI=1S/C12H11N3O5/c13-14-12(16)11-8(5-6-19-11)7-20-10-4-2-1-3-9(10)15(17)18/h1-6H,7,13H2,(H,14,16). The lowest BCUT2D eigenvalue weighted by molar-refractivity contribution is -0.385. The van der Waals surface area contributed by atoms with E-state index in [-0.39, 0.29) is 23.8 Å². The van der Waals surface area contributed by atoms with E-state index in [0.717, 1.165) is 0 Å². The van der Waals surface area contributed by atoms with E-state index in [1.807, 2.05) is 5.43 Å². The smallest absolute Gasteiger partial charge is 0.310 e. The van der Waals surface area contributed by atoms with Crippen LogP contribution in [-0.2, 0) is 6.61 Å². The van der Waals surface area contributed by atoms with E-state index < -0.39 is 10.8 Å². The Morgan fingerprint density at radius 2 is 2.15 bits per heavy atom. The molecule has 1 heterocycles. The van der Waals surface area contributed by atoms with Crippen molar-refractivity contribution >= 4 is 11.6 Å². The van der Waals surface area contributed by atoms with Crippen molar-refractivity contribution in [3.8, 4) is 5.75 Å². The first-order valence-corrected chi connectivity index (χ1v) is 5.57. The van der Waals surface area contributed by atoms with Crippen molar-refractivity contribution < 1.29 is 18.9 Å². The highest BCUT2D eigenvalue weighted by molar-refractivity contribution is 5.92. The second-order valence-corrected chi connectivity index (χ2v) is 3.76. The van der Waals surface area contributed by atoms with Gasteiger partial charge in [-0.3, -0.25) is 20.3 Å². The number of nitrogen functional groups attached to an aromatic ring is 1. The molecule has 1 amide bonds. The van der Waals surface area contributed by atoms with Gasteiger partial charge in [0.15, 0.2) is 11.5 Å². The summed E-state index contributed by atoms with van der Waals surface area (Å²) in [5.74, 6) is 4.53. The lowest BCUT2D eigenvalue weighted by Gasteiger charge is -2.06. The van der Waals surface area contributed by atoms with Crippen molar-refractivity contribution in [3.05, 3.63) is 58.0 Å². The van der Waals surface area contributed by atoms with Gasteiger partial charge in [0.1, 0.15) is 6.61 Å². The molecular weight excluding hydrogens is 266 g/mol. The summed E-state index contributed by atoms with van der Waals surface area (Å²) in [5.41, 5.74) is 2.22. The number of nitro groups is 1. The molecule has 0 spiro atoms. The van der Waals surface area contributed by atoms with Crippen molar-refractivity contribution in [3.63, 3.8) is 0 Å². The molecule has 0 aliphatic rings. The maximum absolute atomic E-state index is 11.4. The quantitative estimate of drug-likeness (QED) is 0.368. The Labute approximate surface area is 113 Å². The second-order valence-electron chi connectivity index (χ2n) is 3.76. The molecule has 0 aliphatic heterocycles. The van der Waals surface area contributed by atoms with E-state index in [4.69, 9.17) is 15.0 Å².